The first-order chi connectivity index (χ1) is 9.08. The van der Waals surface area contributed by atoms with E-state index in [2.05, 4.69) is 15.9 Å². The first-order valence-corrected chi connectivity index (χ1v) is 7.46. The Hall–Kier alpha value is -0.870. The smallest absolute Gasteiger partial charge is 0.253 e. The molecule has 1 unspecified atom stereocenters. The van der Waals surface area contributed by atoms with Gasteiger partial charge in [0.2, 0.25) is 0 Å². The molecule has 1 atom stereocenters. The second-order valence-electron chi connectivity index (χ2n) is 5.23. The maximum absolute atomic E-state index is 12.4. The number of hydrogen-bond donors (Lipinski definition) is 0. The summed E-state index contributed by atoms with van der Waals surface area (Å²) in [5, 5.41) is 0. The maximum Gasteiger partial charge on any atom is 0.253 e. The van der Waals surface area contributed by atoms with E-state index in [1.807, 2.05) is 37.1 Å². The van der Waals surface area contributed by atoms with E-state index in [1.165, 1.54) is 0 Å². The van der Waals surface area contributed by atoms with Gasteiger partial charge in [0, 0.05) is 30.2 Å². The van der Waals surface area contributed by atoms with Crippen LogP contribution in [0.4, 0.5) is 0 Å². The standard InChI is InChI=1S/C15H20BrNO2/c1-11-8-13(5-6-14(11)16)15(18)17(2)9-12-4-3-7-19-10-12/h5-6,8,12H,3-4,7,9-10H2,1-2H3. The summed E-state index contributed by atoms with van der Waals surface area (Å²) in [6.45, 7) is 4.40. The van der Waals surface area contributed by atoms with Gasteiger partial charge in [0.25, 0.3) is 5.91 Å². The molecule has 1 heterocycles. The van der Waals surface area contributed by atoms with Crippen molar-refractivity contribution >= 4 is 21.8 Å². The van der Waals surface area contributed by atoms with Crippen LogP contribution in [-0.2, 0) is 4.74 Å². The first-order valence-electron chi connectivity index (χ1n) is 6.67. The Morgan fingerprint density at radius 1 is 1.53 bits per heavy atom. The van der Waals surface area contributed by atoms with E-state index >= 15 is 0 Å². The van der Waals surface area contributed by atoms with Gasteiger partial charge in [0.1, 0.15) is 0 Å². The molecule has 0 bridgehead atoms. The summed E-state index contributed by atoms with van der Waals surface area (Å²) in [5.74, 6) is 0.556. The molecule has 1 aromatic rings. The maximum atomic E-state index is 12.4. The monoisotopic (exact) mass is 325 g/mol. The fourth-order valence-electron chi connectivity index (χ4n) is 2.42. The number of benzene rings is 1. The van der Waals surface area contributed by atoms with E-state index in [4.69, 9.17) is 4.74 Å². The molecule has 3 nitrogen and oxygen atoms in total. The molecular weight excluding hydrogens is 306 g/mol. The number of ether oxygens (including phenoxy) is 1. The topological polar surface area (TPSA) is 29.5 Å². The summed E-state index contributed by atoms with van der Waals surface area (Å²) in [6.07, 6.45) is 2.25. The van der Waals surface area contributed by atoms with Crippen LogP contribution < -0.4 is 0 Å². The van der Waals surface area contributed by atoms with E-state index in [0.717, 1.165) is 48.2 Å². The number of halogens is 1. The lowest BCUT2D eigenvalue weighted by Gasteiger charge is -2.27. The van der Waals surface area contributed by atoms with Gasteiger partial charge in [-0.2, -0.15) is 0 Å². The van der Waals surface area contributed by atoms with E-state index in [-0.39, 0.29) is 5.91 Å². The van der Waals surface area contributed by atoms with E-state index in [0.29, 0.717) is 5.92 Å². The first kappa shape index (κ1) is 14.5. The van der Waals surface area contributed by atoms with E-state index in [9.17, 15) is 4.79 Å². The quantitative estimate of drug-likeness (QED) is 0.853. The Kier molecular flexibility index (Phi) is 4.99. The molecule has 1 aromatic carbocycles. The number of hydrogen-bond acceptors (Lipinski definition) is 2. The molecule has 1 saturated heterocycles. The molecule has 0 aromatic heterocycles. The third-order valence-corrected chi connectivity index (χ3v) is 4.43. The summed E-state index contributed by atoms with van der Waals surface area (Å²) in [6, 6.07) is 5.73. The predicted molar refractivity (Wildman–Crippen MR) is 79.4 cm³/mol. The highest BCUT2D eigenvalue weighted by Gasteiger charge is 2.19. The zero-order chi connectivity index (χ0) is 13.8. The molecule has 104 valence electrons. The van der Waals surface area contributed by atoms with Gasteiger partial charge in [-0.1, -0.05) is 15.9 Å². The number of aryl methyl sites for hydroxylation is 1. The van der Waals surface area contributed by atoms with Crippen LogP contribution in [0.25, 0.3) is 0 Å². The van der Waals surface area contributed by atoms with Gasteiger partial charge >= 0.3 is 0 Å². The van der Waals surface area contributed by atoms with Crippen LogP contribution in [0.1, 0.15) is 28.8 Å². The van der Waals surface area contributed by atoms with Crippen LogP contribution in [-0.4, -0.2) is 37.6 Å². The summed E-state index contributed by atoms with van der Waals surface area (Å²) >= 11 is 3.45. The van der Waals surface area contributed by atoms with Crippen LogP contribution in [0, 0.1) is 12.8 Å². The largest absolute Gasteiger partial charge is 0.381 e. The Bertz CT molecular complexity index is 455. The zero-order valence-electron chi connectivity index (χ0n) is 11.5. The SMILES string of the molecule is Cc1cc(C(=O)N(C)CC2CCCOC2)ccc1Br. The Morgan fingerprint density at radius 3 is 2.95 bits per heavy atom. The molecule has 0 N–H and O–H groups in total. The molecule has 2 rings (SSSR count). The fraction of sp³-hybridized carbons (Fsp3) is 0.533. The van der Waals surface area contributed by atoms with Crippen molar-refractivity contribution in [3.63, 3.8) is 0 Å². The fourth-order valence-corrected chi connectivity index (χ4v) is 2.67. The second kappa shape index (κ2) is 6.53. The molecule has 0 aliphatic carbocycles. The Labute approximate surface area is 123 Å². The van der Waals surface area contributed by atoms with Crippen molar-refractivity contribution in [1.29, 1.82) is 0 Å². The Morgan fingerprint density at radius 2 is 2.32 bits per heavy atom. The van der Waals surface area contributed by atoms with Crippen molar-refractivity contribution in [3.8, 4) is 0 Å². The minimum absolute atomic E-state index is 0.0844. The number of nitrogens with zero attached hydrogens (tertiary/aromatic N) is 1. The number of amides is 1. The highest BCUT2D eigenvalue weighted by Crippen LogP contribution is 2.19. The van der Waals surface area contributed by atoms with Gasteiger partial charge < -0.3 is 9.64 Å². The normalized spacial score (nSPS) is 19.2. The lowest BCUT2D eigenvalue weighted by atomic mass is 10.0. The van der Waals surface area contributed by atoms with Crippen LogP contribution in [0.3, 0.4) is 0 Å². The summed E-state index contributed by atoms with van der Waals surface area (Å²) in [5.41, 5.74) is 1.83. The summed E-state index contributed by atoms with van der Waals surface area (Å²) in [7, 11) is 1.87. The van der Waals surface area contributed by atoms with Crippen LogP contribution in [0.15, 0.2) is 22.7 Å². The van der Waals surface area contributed by atoms with Crippen molar-refractivity contribution in [2.75, 3.05) is 26.8 Å². The van der Waals surface area contributed by atoms with Crippen molar-refractivity contribution in [2.24, 2.45) is 5.92 Å². The van der Waals surface area contributed by atoms with E-state index in [1.54, 1.807) is 0 Å². The minimum atomic E-state index is 0.0844. The predicted octanol–water partition coefficient (Wildman–Crippen LogP) is 3.26. The highest BCUT2D eigenvalue weighted by molar-refractivity contribution is 9.10. The minimum Gasteiger partial charge on any atom is -0.381 e. The molecule has 1 aliphatic rings. The number of rotatable bonds is 3. The van der Waals surface area contributed by atoms with Gasteiger partial charge in [-0.15, -0.1) is 0 Å². The molecule has 0 radical (unpaired) electrons. The van der Waals surface area contributed by atoms with E-state index < -0.39 is 0 Å². The molecule has 4 heteroatoms. The lowest BCUT2D eigenvalue weighted by molar-refractivity contribution is 0.0388. The Balaban J connectivity index is 1.99. The average Bonchev–Trinajstić information content (AvgIpc) is 2.42. The van der Waals surface area contributed by atoms with Crippen LogP contribution in [0.2, 0.25) is 0 Å². The third-order valence-electron chi connectivity index (χ3n) is 3.54. The van der Waals surface area contributed by atoms with Crippen LogP contribution in [0.5, 0.6) is 0 Å². The molecule has 19 heavy (non-hydrogen) atoms. The lowest BCUT2D eigenvalue weighted by Crippen LogP contribution is -2.35. The highest BCUT2D eigenvalue weighted by atomic mass is 79.9. The molecule has 1 aliphatic heterocycles. The van der Waals surface area contributed by atoms with Crippen molar-refractivity contribution in [3.05, 3.63) is 33.8 Å². The van der Waals surface area contributed by atoms with Crippen molar-refractivity contribution < 1.29 is 9.53 Å². The van der Waals surface area contributed by atoms with Crippen molar-refractivity contribution in [2.45, 2.75) is 19.8 Å². The average molecular weight is 326 g/mol. The number of carbonyl (C=O) groups is 1. The summed E-state index contributed by atoms with van der Waals surface area (Å²) < 4.78 is 6.49. The summed E-state index contributed by atoms with van der Waals surface area (Å²) in [4.78, 5) is 14.2. The van der Waals surface area contributed by atoms with Gasteiger partial charge in [-0.25, -0.2) is 0 Å². The van der Waals surface area contributed by atoms with Gasteiger partial charge in [0.05, 0.1) is 6.61 Å². The third kappa shape index (κ3) is 3.80. The molecule has 1 amide bonds. The number of carbonyl (C=O) groups excluding carboxylic acids is 1. The van der Waals surface area contributed by atoms with Crippen LogP contribution >= 0.6 is 15.9 Å². The molecule has 1 fully saturated rings. The molecule has 0 spiro atoms. The van der Waals surface area contributed by atoms with Gasteiger partial charge in [-0.3, -0.25) is 4.79 Å². The van der Waals surface area contributed by atoms with Gasteiger partial charge in [-0.05, 0) is 49.4 Å². The molecular formula is C15H20BrNO2. The second-order valence-corrected chi connectivity index (χ2v) is 6.09. The zero-order valence-corrected chi connectivity index (χ0v) is 13.1. The molecule has 0 saturated carbocycles. The van der Waals surface area contributed by atoms with Gasteiger partial charge in [0.15, 0.2) is 0 Å². The van der Waals surface area contributed by atoms with Crippen molar-refractivity contribution in [1.82, 2.24) is 4.90 Å².